The number of hydrogen-bond donors (Lipinski definition) is 1. The fourth-order valence-corrected chi connectivity index (χ4v) is 4.81. The average molecular weight is 430 g/mol. The maximum atomic E-state index is 12.8. The van der Waals surface area contributed by atoms with Crippen molar-refractivity contribution in [2.45, 2.75) is 31.4 Å². The molecule has 3 saturated heterocycles. The summed E-state index contributed by atoms with van der Waals surface area (Å²) in [6, 6.07) is 21.2. The molecule has 0 aliphatic carbocycles. The standard InChI is InChI=1S/C26H27N3O3/c30-26(28-21-7-4-10-23(17-21)31-22-8-2-1-3-9-22)32-25-20-11-14-29(15-12-20)24(25)16-19-6-5-13-27-18-19/h1-10,13,17-18,20,24-25H,11-12,14-16H2,(H,28,30)/t24-,25-/m1/s1. The molecule has 0 saturated carbocycles. The number of benzene rings is 2. The number of aromatic nitrogens is 1. The van der Waals surface area contributed by atoms with Crippen molar-refractivity contribution in [1.82, 2.24) is 9.88 Å². The predicted octanol–water partition coefficient (Wildman–Crippen LogP) is 5.13. The number of nitrogens with one attached hydrogen (secondary N) is 1. The van der Waals surface area contributed by atoms with E-state index < -0.39 is 6.09 Å². The van der Waals surface area contributed by atoms with Gasteiger partial charge in [-0.2, -0.15) is 0 Å². The number of piperidine rings is 3. The van der Waals surface area contributed by atoms with E-state index in [9.17, 15) is 4.79 Å². The first-order valence-corrected chi connectivity index (χ1v) is 11.2. The lowest BCUT2D eigenvalue weighted by molar-refractivity contribution is -0.0741. The van der Waals surface area contributed by atoms with Gasteiger partial charge < -0.3 is 9.47 Å². The number of hydrogen-bond acceptors (Lipinski definition) is 5. The van der Waals surface area contributed by atoms with Gasteiger partial charge in [0.05, 0.1) is 6.04 Å². The first-order chi connectivity index (χ1) is 15.7. The molecule has 6 rings (SSSR count). The molecule has 32 heavy (non-hydrogen) atoms. The third kappa shape index (κ3) is 4.75. The molecule has 3 fully saturated rings. The van der Waals surface area contributed by atoms with Gasteiger partial charge in [0, 0.05) is 30.1 Å². The number of carbonyl (C=O) groups is 1. The first-order valence-electron chi connectivity index (χ1n) is 11.2. The van der Waals surface area contributed by atoms with E-state index >= 15 is 0 Å². The number of para-hydroxylation sites is 1. The van der Waals surface area contributed by atoms with Crippen molar-refractivity contribution in [2.75, 3.05) is 18.4 Å². The van der Waals surface area contributed by atoms with Crippen LogP contribution in [0.2, 0.25) is 0 Å². The number of carbonyl (C=O) groups excluding carboxylic acids is 1. The Labute approximate surface area is 188 Å². The summed E-state index contributed by atoms with van der Waals surface area (Å²) < 4.78 is 11.9. The van der Waals surface area contributed by atoms with Gasteiger partial charge in [-0.3, -0.25) is 15.2 Å². The van der Waals surface area contributed by atoms with E-state index in [1.54, 1.807) is 12.3 Å². The second-order valence-corrected chi connectivity index (χ2v) is 8.44. The molecule has 1 aromatic heterocycles. The Balaban J connectivity index is 1.25. The van der Waals surface area contributed by atoms with Crippen LogP contribution in [0, 0.1) is 5.92 Å². The molecule has 0 unspecified atom stereocenters. The van der Waals surface area contributed by atoms with Gasteiger partial charge in [-0.05, 0) is 68.2 Å². The van der Waals surface area contributed by atoms with E-state index in [1.165, 1.54) is 5.56 Å². The molecule has 2 bridgehead atoms. The van der Waals surface area contributed by atoms with Crippen LogP contribution in [0.5, 0.6) is 11.5 Å². The van der Waals surface area contributed by atoms with Crippen LogP contribution in [-0.4, -0.2) is 41.2 Å². The van der Waals surface area contributed by atoms with Gasteiger partial charge >= 0.3 is 6.09 Å². The van der Waals surface area contributed by atoms with Crippen LogP contribution in [0.15, 0.2) is 79.1 Å². The predicted molar refractivity (Wildman–Crippen MR) is 123 cm³/mol. The Bertz CT molecular complexity index is 1040. The van der Waals surface area contributed by atoms with Crippen LogP contribution < -0.4 is 10.1 Å². The highest BCUT2D eigenvalue weighted by Crippen LogP contribution is 2.36. The van der Waals surface area contributed by atoms with E-state index in [1.807, 2.05) is 60.8 Å². The molecular weight excluding hydrogens is 402 g/mol. The molecule has 6 heteroatoms. The monoisotopic (exact) mass is 429 g/mol. The minimum Gasteiger partial charge on any atom is -0.457 e. The highest BCUT2D eigenvalue weighted by molar-refractivity contribution is 5.85. The summed E-state index contributed by atoms with van der Waals surface area (Å²) in [4.78, 5) is 19.5. The molecule has 0 spiro atoms. The van der Waals surface area contributed by atoms with E-state index in [0.717, 1.165) is 38.1 Å². The molecule has 1 amide bonds. The number of rotatable bonds is 6. The number of amides is 1. The van der Waals surface area contributed by atoms with Gasteiger partial charge in [0.25, 0.3) is 0 Å². The maximum Gasteiger partial charge on any atom is 0.411 e. The quantitative estimate of drug-likeness (QED) is 0.589. The molecule has 1 N–H and O–H groups in total. The Morgan fingerprint density at radius 1 is 1.00 bits per heavy atom. The van der Waals surface area contributed by atoms with Crippen molar-refractivity contribution in [3.63, 3.8) is 0 Å². The molecule has 3 aromatic rings. The van der Waals surface area contributed by atoms with Crippen LogP contribution in [-0.2, 0) is 11.2 Å². The number of fused-ring (bicyclic) bond motifs is 3. The number of anilines is 1. The first kappa shape index (κ1) is 20.5. The summed E-state index contributed by atoms with van der Waals surface area (Å²) in [7, 11) is 0. The fraction of sp³-hybridized carbons (Fsp3) is 0.308. The molecule has 3 aliphatic rings. The lowest BCUT2D eigenvalue weighted by Crippen LogP contribution is -2.60. The highest BCUT2D eigenvalue weighted by Gasteiger charge is 2.44. The van der Waals surface area contributed by atoms with Gasteiger partial charge in [0.2, 0.25) is 0 Å². The SMILES string of the molecule is O=C(Nc1cccc(Oc2ccccc2)c1)O[C@@H]1C2CCN(CC2)[C@@H]1Cc1cccnc1. The largest absolute Gasteiger partial charge is 0.457 e. The summed E-state index contributed by atoms with van der Waals surface area (Å²) in [5, 5.41) is 2.89. The topological polar surface area (TPSA) is 63.7 Å². The second kappa shape index (κ2) is 9.40. The van der Waals surface area contributed by atoms with Gasteiger partial charge in [-0.25, -0.2) is 4.79 Å². The smallest absolute Gasteiger partial charge is 0.411 e. The molecule has 164 valence electrons. The van der Waals surface area contributed by atoms with Gasteiger partial charge in [-0.1, -0.05) is 30.3 Å². The zero-order valence-electron chi connectivity index (χ0n) is 17.9. The Hall–Kier alpha value is -3.38. The van der Waals surface area contributed by atoms with Crippen LogP contribution in [0.3, 0.4) is 0 Å². The minimum absolute atomic E-state index is 0.124. The Morgan fingerprint density at radius 3 is 2.59 bits per heavy atom. The van der Waals surface area contributed by atoms with Crippen LogP contribution in [0.25, 0.3) is 0 Å². The number of pyridine rings is 1. The zero-order valence-corrected chi connectivity index (χ0v) is 17.9. The van der Waals surface area contributed by atoms with Crippen molar-refractivity contribution in [2.24, 2.45) is 5.92 Å². The molecule has 4 heterocycles. The van der Waals surface area contributed by atoms with Crippen molar-refractivity contribution in [3.8, 4) is 11.5 Å². The van der Waals surface area contributed by atoms with Crippen LogP contribution >= 0.6 is 0 Å². The summed E-state index contributed by atoms with van der Waals surface area (Å²) in [6.45, 7) is 2.13. The Morgan fingerprint density at radius 2 is 1.81 bits per heavy atom. The Kier molecular flexibility index (Phi) is 6.03. The average Bonchev–Trinajstić information content (AvgIpc) is 2.83. The minimum atomic E-state index is -0.420. The fourth-order valence-electron chi connectivity index (χ4n) is 4.81. The van der Waals surface area contributed by atoms with Crippen molar-refractivity contribution in [1.29, 1.82) is 0 Å². The van der Waals surface area contributed by atoms with E-state index in [2.05, 4.69) is 21.3 Å². The molecule has 6 nitrogen and oxygen atoms in total. The van der Waals surface area contributed by atoms with Crippen LogP contribution in [0.1, 0.15) is 18.4 Å². The molecule has 0 radical (unpaired) electrons. The summed E-state index contributed by atoms with van der Waals surface area (Å²) in [6.07, 6.45) is 6.12. The zero-order chi connectivity index (χ0) is 21.8. The summed E-state index contributed by atoms with van der Waals surface area (Å²) in [5.41, 5.74) is 1.82. The van der Waals surface area contributed by atoms with Crippen LogP contribution in [0.4, 0.5) is 10.5 Å². The summed E-state index contributed by atoms with van der Waals surface area (Å²) >= 11 is 0. The van der Waals surface area contributed by atoms with Gasteiger partial charge in [0.15, 0.2) is 0 Å². The number of nitrogens with zero attached hydrogens (tertiary/aromatic N) is 2. The lowest BCUT2D eigenvalue weighted by Gasteiger charge is -2.50. The molecule has 2 atom stereocenters. The maximum absolute atomic E-state index is 12.8. The highest BCUT2D eigenvalue weighted by atomic mass is 16.6. The van der Waals surface area contributed by atoms with E-state index in [0.29, 0.717) is 17.4 Å². The third-order valence-electron chi connectivity index (χ3n) is 6.36. The van der Waals surface area contributed by atoms with Gasteiger partial charge in [-0.15, -0.1) is 0 Å². The van der Waals surface area contributed by atoms with E-state index in [-0.39, 0.29) is 12.1 Å². The second-order valence-electron chi connectivity index (χ2n) is 8.44. The molecule has 2 aromatic carbocycles. The normalized spacial score (nSPS) is 24.0. The summed E-state index contributed by atoms with van der Waals surface area (Å²) in [5.74, 6) is 1.81. The molecule has 3 aliphatic heterocycles. The molecular formula is C26H27N3O3. The van der Waals surface area contributed by atoms with Crippen molar-refractivity contribution in [3.05, 3.63) is 84.7 Å². The van der Waals surface area contributed by atoms with Crippen molar-refractivity contribution >= 4 is 11.8 Å². The third-order valence-corrected chi connectivity index (χ3v) is 6.36. The van der Waals surface area contributed by atoms with E-state index in [4.69, 9.17) is 9.47 Å². The van der Waals surface area contributed by atoms with Crippen molar-refractivity contribution < 1.29 is 14.3 Å². The van der Waals surface area contributed by atoms with Gasteiger partial charge in [0.1, 0.15) is 17.6 Å². The number of ether oxygens (including phenoxy) is 2. The lowest BCUT2D eigenvalue weighted by atomic mass is 9.78.